The standard InChI is InChI=1S/C14H14F3N3O4S/c1-20-13(21)11(24-2)10(12(18)19-20)8-5-4-7(14(15,16)17)6-9(8)25(3,22)23/h4-6H,1-3H3,(H2,18,19). The van der Waals surface area contributed by atoms with E-state index in [0.29, 0.717) is 12.1 Å². The summed E-state index contributed by atoms with van der Waals surface area (Å²) < 4.78 is 68.7. The Balaban J connectivity index is 2.95. The summed E-state index contributed by atoms with van der Waals surface area (Å²) in [5.74, 6) is -0.580. The van der Waals surface area contributed by atoms with Gasteiger partial charge in [-0.1, -0.05) is 6.07 Å². The summed E-state index contributed by atoms with van der Waals surface area (Å²) in [7, 11) is -1.62. The van der Waals surface area contributed by atoms with Gasteiger partial charge in [0, 0.05) is 18.9 Å². The maximum atomic E-state index is 12.9. The average Bonchev–Trinajstić information content (AvgIpc) is 2.48. The first kappa shape index (κ1) is 18.8. The molecule has 25 heavy (non-hydrogen) atoms. The Labute approximate surface area is 140 Å². The van der Waals surface area contributed by atoms with E-state index in [2.05, 4.69) is 5.10 Å². The fourth-order valence-electron chi connectivity index (χ4n) is 2.29. The van der Waals surface area contributed by atoms with Gasteiger partial charge in [0.1, 0.15) is 0 Å². The highest BCUT2D eigenvalue weighted by Crippen LogP contribution is 2.39. The van der Waals surface area contributed by atoms with Crippen molar-refractivity contribution in [1.29, 1.82) is 0 Å². The summed E-state index contributed by atoms with van der Waals surface area (Å²) in [6.45, 7) is 0. The van der Waals surface area contributed by atoms with E-state index in [4.69, 9.17) is 10.5 Å². The molecule has 0 amide bonds. The average molecular weight is 377 g/mol. The number of rotatable bonds is 3. The van der Waals surface area contributed by atoms with E-state index in [1.807, 2.05) is 0 Å². The minimum absolute atomic E-state index is 0.181. The molecule has 0 saturated heterocycles. The monoisotopic (exact) mass is 377 g/mol. The predicted molar refractivity (Wildman–Crippen MR) is 84.0 cm³/mol. The minimum Gasteiger partial charge on any atom is -0.490 e. The molecule has 0 unspecified atom stereocenters. The van der Waals surface area contributed by atoms with Crippen molar-refractivity contribution in [3.05, 3.63) is 34.1 Å². The zero-order valence-electron chi connectivity index (χ0n) is 13.4. The van der Waals surface area contributed by atoms with Crippen LogP contribution in [0.5, 0.6) is 5.75 Å². The van der Waals surface area contributed by atoms with Crippen molar-refractivity contribution in [2.24, 2.45) is 7.05 Å². The highest BCUT2D eigenvalue weighted by atomic mass is 32.2. The Morgan fingerprint density at radius 3 is 2.36 bits per heavy atom. The molecule has 2 N–H and O–H groups in total. The number of nitrogens with two attached hydrogens (primary N) is 1. The van der Waals surface area contributed by atoms with Gasteiger partial charge in [-0.15, -0.1) is 0 Å². The fourth-order valence-corrected chi connectivity index (χ4v) is 3.20. The maximum absolute atomic E-state index is 12.9. The van der Waals surface area contributed by atoms with E-state index in [9.17, 15) is 26.4 Å². The predicted octanol–water partition coefficient (Wildman–Crippen LogP) is 1.46. The number of anilines is 1. The first-order chi connectivity index (χ1) is 11.4. The Hall–Kier alpha value is -2.56. The zero-order chi connectivity index (χ0) is 19.2. The van der Waals surface area contributed by atoms with Gasteiger partial charge in [0.2, 0.25) is 0 Å². The number of aromatic nitrogens is 2. The van der Waals surface area contributed by atoms with Gasteiger partial charge >= 0.3 is 11.7 Å². The van der Waals surface area contributed by atoms with Crippen molar-refractivity contribution in [2.45, 2.75) is 11.1 Å². The lowest BCUT2D eigenvalue weighted by Gasteiger charge is -2.16. The molecule has 0 radical (unpaired) electrons. The lowest BCUT2D eigenvalue weighted by atomic mass is 10.0. The van der Waals surface area contributed by atoms with Crippen LogP contribution in [0.3, 0.4) is 0 Å². The molecule has 7 nitrogen and oxygen atoms in total. The van der Waals surface area contributed by atoms with Gasteiger partial charge in [-0.2, -0.15) is 18.3 Å². The summed E-state index contributed by atoms with van der Waals surface area (Å²) in [5.41, 5.74) is 3.52. The van der Waals surface area contributed by atoms with Crippen molar-refractivity contribution >= 4 is 15.7 Å². The molecule has 0 aliphatic heterocycles. The lowest BCUT2D eigenvalue weighted by molar-refractivity contribution is -0.137. The highest BCUT2D eigenvalue weighted by molar-refractivity contribution is 7.90. The minimum atomic E-state index is -4.74. The molecule has 0 aliphatic carbocycles. The molecule has 136 valence electrons. The van der Waals surface area contributed by atoms with E-state index in [0.717, 1.165) is 24.1 Å². The van der Waals surface area contributed by atoms with Crippen molar-refractivity contribution in [3.8, 4) is 16.9 Å². The summed E-state index contributed by atoms with van der Waals surface area (Å²) in [4.78, 5) is 11.5. The Morgan fingerprint density at radius 2 is 1.88 bits per heavy atom. The van der Waals surface area contributed by atoms with E-state index in [1.54, 1.807) is 0 Å². The van der Waals surface area contributed by atoms with Crippen LogP contribution >= 0.6 is 0 Å². The number of halogens is 3. The van der Waals surface area contributed by atoms with Gasteiger partial charge in [-0.05, 0) is 12.1 Å². The molecule has 0 saturated carbocycles. The number of benzene rings is 1. The van der Waals surface area contributed by atoms with Crippen molar-refractivity contribution < 1.29 is 26.3 Å². The molecule has 0 spiro atoms. The molecule has 0 atom stereocenters. The van der Waals surface area contributed by atoms with Crippen LogP contribution in [0.4, 0.5) is 19.0 Å². The van der Waals surface area contributed by atoms with Gasteiger partial charge in [0.05, 0.1) is 23.1 Å². The number of nitrogen functional groups attached to an aromatic ring is 1. The second-order valence-corrected chi connectivity index (χ2v) is 7.19. The van der Waals surface area contributed by atoms with E-state index in [-0.39, 0.29) is 22.7 Å². The van der Waals surface area contributed by atoms with Gasteiger partial charge < -0.3 is 10.5 Å². The van der Waals surface area contributed by atoms with Crippen LogP contribution in [0.1, 0.15) is 5.56 Å². The van der Waals surface area contributed by atoms with Gasteiger partial charge in [0.15, 0.2) is 21.4 Å². The number of ether oxygens (including phenoxy) is 1. The molecule has 1 aromatic carbocycles. The second-order valence-electron chi connectivity index (χ2n) is 5.20. The molecule has 1 heterocycles. The van der Waals surface area contributed by atoms with Crippen molar-refractivity contribution in [2.75, 3.05) is 19.1 Å². The number of methoxy groups -OCH3 is 1. The molecule has 0 aliphatic rings. The van der Waals surface area contributed by atoms with Crippen LogP contribution in [-0.4, -0.2) is 31.6 Å². The maximum Gasteiger partial charge on any atom is 0.416 e. The van der Waals surface area contributed by atoms with Crippen LogP contribution in [0.2, 0.25) is 0 Å². The molecule has 2 rings (SSSR count). The smallest absolute Gasteiger partial charge is 0.416 e. The summed E-state index contributed by atoms with van der Waals surface area (Å²) in [6.07, 6.45) is -3.98. The fraction of sp³-hybridized carbons (Fsp3) is 0.286. The quantitative estimate of drug-likeness (QED) is 0.868. The molecule has 0 bridgehead atoms. The Bertz CT molecular complexity index is 998. The molecule has 1 aromatic heterocycles. The van der Waals surface area contributed by atoms with Crippen LogP contribution in [0.15, 0.2) is 27.9 Å². The SMILES string of the molecule is COc1c(-c2ccc(C(F)(F)F)cc2S(C)(=O)=O)c(N)nn(C)c1=O. The largest absolute Gasteiger partial charge is 0.490 e. The van der Waals surface area contributed by atoms with Crippen LogP contribution in [0, 0.1) is 0 Å². The lowest BCUT2D eigenvalue weighted by Crippen LogP contribution is -2.23. The van der Waals surface area contributed by atoms with Gasteiger partial charge in [-0.3, -0.25) is 4.79 Å². The molecular weight excluding hydrogens is 363 g/mol. The van der Waals surface area contributed by atoms with E-state index >= 15 is 0 Å². The number of hydrogen-bond acceptors (Lipinski definition) is 6. The second kappa shape index (κ2) is 6.06. The molecule has 11 heteroatoms. The Kier molecular flexibility index (Phi) is 4.55. The zero-order valence-corrected chi connectivity index (χ0v) is 14.2. The van der Waals surface area contributed by atoms with Gasteiger partial charge in [0.25, 0.3) is 0 Å². The van der Waals surface area contributed by atoms with E-state index in [1.165, 1.54) is 7.05 Å². The van der Waals surface area contributed by atoms with E-state index < -0.39 is 32.0 Å². The topological polar surface area (TPSA) is 104 Å². The molecule has 2 aromatic rings. The van der Waals surface area contributed by atoms with Crippen LogP contribution in [0.25, 0.3) is 11.1 Å². The van der Waals surface area contributed by atoms with Crippen LogP contribution in [-0.2, 0) is 23.1 Å². The van der Waals surface area contributed by atoms with Crippen LogP contribution < -0.4 is 16.0 Å². The number of sulfone groups is 1. The molecule has 0 fully saturated rings. The number of alkyl halides is 3. The summed E-state index contributed by atoms with van der Waals surface area (Å²) in [5, 5.41) is 3.74. The highest BCUT2D eigenvalue weighted by Gasteiger charge is 2.33. The summed E-state index contributed by atoms with van der Waals surface area (Å²) in [6, 6.07) is 2.11. The number of nitrogens with zero attached hydrogens (tertiary/aromatic N) is 2. The summed E-state index contributed by atoms with van der Waals surface area (Å²) >= 11 is 0. The normalized spacial score (nSPS) is 12.2. The van der Waals surface area contributed by atoms with Gasteiger partial charge in [-0.25, -0.2) is 13.1 Å². The Morgan fingerprint density at radius 1 is 1.28 bits per heavy atom. The third kappa shape index (κ3) is 3.45. The van der Waals surface area contributed by atoms with Crippen molar-refractivity contribution in [1.82, 2.24) is 9.78 Å². The third-order valence-electron chi connectivity index (χ3n) is 3.41. The van der Waals surface area contributed by atoms with Crippen molar-refractivity contribution in [3.63, 3.8) is 0 Å². The third-order valence-corrected chi connectivity index (χ3v) is 4.55. The number of aryl methyl sites for hydroxylation is 1. The first-order valence-corrected chi connectivity index (χ1v) is 8.59. The molecular formula is C14H14F3N3O4S. The number of hydrogen-bond donors (Lipinski definition) is 1. The first-order valence-electron chi connectivity index (χ1n) is 6.70.